The molecule has 0 fully saturated rings. The maximum Gasteiger partial charge on any atom is 0.326 e. The Morgan fingerprint density at radius 1 is 1.21 bits per heavy atom. The molecule has 1 aromatic carbocycles. The molecule has 19 heavy (non-hydrogen) atoms. The molecule has 1 aromatic rings. The quantitative estimate of drug-likeness (QED) is 0.753. The maximum atomic E-state index is 11.8. The summed E-state index contributed by atoms with van der Waals surface area (Å²) in [6.45, 7) is 5.01. The minimum absolute atomic E-state index is 0.370. The predicted molar refractivity (Wildman–Crippen MR) is 71.8 cm³/mol. The van der Waals surface area contributed by atoms with Gasteiger partial charge in [-0.15, -0.1) is 0 Å². The average Bonchev–Trinajstić information content (AvgIpc) is 2.23. The summed E-state index contributed by atoms with van der Waals surface area (Å²) in [5, 5.41) is 9.13. The molecule has 0 heterocycles. The summed E-state index contributed by atoms with van der Waals surface area (Å²) in [5.74, 6) is -1.26. The lowest BCUT2D eigenvalue weighted by atomic mass is 10.1. The van der Waals surface area contributed by atoms with E-state index in [2.05, 4.69) is 9.44 Å². The maximum absolute atomic E-state index is 11.8. The number of benzene rings is 1. The fourth-order valence-electron chi connectivity index (χ4n) is 1.49. The molecular weight excluding hydrogens is 268 g/mol. The number of rotatable bonds is 5. The highest BCUT2D eigenvalue weighted by Crippen LogP contribution is 2.14. The number of carboxylic acid groups (broad SMARTS) is 1. The zero-order chi connectivity index (χ0) is 14.7. The van der Waals surface area contributed by atoms with Gasteiger partial charge in [-0.2, -0.15) is 17.9 Å². The first kappa shape index (κ1) is 15.6. The smallest absolute Gasteiger partial charge is 0.326 e. The Kier molecular flexibility index (Phi) is 4.67. The highest BCUT2D eigenvalue weighted by Gasteiger charge is 2.28. The van der Waals surface area contributed by atoms with Crippen LogP contribution in [0.15, 0.2) is 30.3 Å². The van der Waals surface area contributed by atoms with Crippen molar-refractivity contribution in [3.05, 3.63) is 35.9 Å². The van der Waals surface area contributed by atoms with E-state index in [-0.39, 0.29) is 0 Å². The molecule has 0 amide bonds. The van der Waals surface area contributed by atoms with E-state index in [9.17, 15) is 13.2 Å². The molecule has 0 spiro atoms. The standard InChI is InChI=1S/C12H18N2O4S/c1-12(2,3)14-19(17,18)13-10(11(15)16)9-7-5-4-6-8-9/h4-8,10,13-14H,1-3H3,(H,15,16)/t10-/m1/s1. The van der Waals surface area contributed by atoms with Gasteiger partial charge in [0, 0.05) is 5.54 Å². The van der Waals surface area contributed by atoms with Crippen LogP contribution in [0.5, 0.6) is 0 Å². The summed E-state index contributed by atoms with van der Waals surface area (Å²) < 4.78 is 28.2. The number of carbonyl (C=O) groups is 1. The lowest BCUT2D eigenvalue weighted by Gasteiger charge is -2.22. The van der Waals surface area contributed by atoms with Gasteiger partial charge in [-0.05, 0) is 26.3 Å². The number of hydrogen-bond acceptors (Lipinski definition) is 3. The van der Waals surface area contributed by atoms with E-state index in [0.717, 1.165) is 0 Å². The lowest BCUT2D eigenvalue weighted by Crippen LogP contribution is -2.49. The van der Waals surface area contributed by atoms with Gasteiger partial charge in [-0.3, -0.25) is 4.79 Å². The zero-order valence-electron chi connectivity index (χ0n) is 11.0. The molecular formula is C12H18N2O4S. The van der Waals surface area contributed by atoms with E-state index in [0.29, 0.717) is 5.56 Å². The Labute approximate surface area is 113 Å². The van der Waals surface area contributed by atoms with Crippen LogP contribution in [-0.2, 0) is 15.0 Å². The molecule has 7 heteroatoms. The molecule has 0 saturated carbocycles. The van der Waals surface area contributed by atoms with Gasteiger partial charge in [0.1, 0.15) is 6.04 Å². The van der Waals surface area contributed by atoms with Crippen LogP contribution in [0.1, 0.15) is 32.4 Å². The fourth-order valence-corrected chi connectivity index (χ4v) is 2.91. The molecule has 106 valence electrons. The summed E-state index contributed by atoms with van der Waals surface area (Å²) in [7, 11) is -3.91. The van der Waals surface area contributed by atoms with Crippen LogP contribution in [0.2, 0.25) is 0 Å². The average molecular weight is 286 g/mol. The second-order valence-corrected chi connectivity index (χ2v) is 6.60. The molecule has 0 bridgehead atoms. The summed E-state index contributed by atoms with van der Waals surface area (Å²) in [6, 6.07) is 6.82. The molecule has 0 saturated heterocycles. The summed E-state index contributed by atoms with van der Waals surface area (Å²) in [4.78, 5) is 11.2. The van der Waals surface area contributed by atoms with Crippen LogP contribution in [0.3, 0.4) is 0 Å². The first-order valence-corrected chi connectivity index (χ1v) is 7.18. The SMILES string of the molecule is CC(C)(C)NS(=O)(=O)N[C@@H](C(=O)O)c1ccccc1. The van der Waals surface area contributed by atoms with Gasteiger partial charge in [0.2, 0.25) is 0 Å². The van der Waals surface area contributed by atoms with E-state index in [1.54, 1.807) is 51.1 Å². The zero-order valence-corrected chi connectivity index (χ0v) is 11.9. The predicted octanol–water partition coefficient (Wildman–Crippen LogP) is 1.03. The molecule has 1 rings (SSSR count). The Hall–Kier alpha value is -1.44. The van der Waals surface area contributed by atoms with Crippen LogP contribution in [0, 0.1) is 0 Å². The summed E-state index contributed by atoms with van der Waals surface area (Å²) >= 11 is 0. The lowest BCUT2D eigenvalue weighted by molar-refractivity contribution is -0.139. The van der Waals surface area contributed by atoms with Gasteiger partial charge in [0.05, 0.1) is 0 Å². The van der Waals surface area contributed by atoms with Crippen LogP contribution in [0.25, 0.3) is 0 Å². The Balaban J connectivity index is 2.96. The Bertz CT molecular complexity index is 535. The normalized spacial score (nSPS) is 14.1. The molecule has 3 N–H and O–H groups in total. The van der Waals surface area contributed by atoms with Crippen molar-refractivity contribution in [2.24, 2.45) is 0 Å². The van der Waals surface area contributed by atoms with E-state index in [1.807, 2.05) is 0 Å². The van der Waals surface area contributed by atoms with Gasteiger partial charge in [0.15, 0.2) is 0 Å². The molecule has 0 aliphatic rings. The number of carboxylic acids is 1. The fraction of sp³-hybridized carbons (Fsp3) is 0.417. The Morgan fingerprint density at radius 3 is 2.16 bits per heavy atom. The van der Waals surface area contributed by atoms with Gasteiger partial charge in [0.25, 0.3) is 10.2 Å². The van der Waals surface area contributed by atoms with Crippen LogP contribution >= 0.6 is 0 Å². The second kappa shape index (κ2) is 5.68. The van der Waals surface area contributed by atoms with E-state index >= 15 is 0 Å². The van der Waals surface area contributed by atoms with Gasteiger partial charge in [-0.1, -0.05) is 30.3 Å². The van der Waals surface area contributed by atoms with Crippen molar-refractivity contribution in [1.29, 1.82) is 0 Å². The van der Waals surface area contributed by atoms with Crippen LogP contribution < -0.4 is 9.44 Å². The van der Waals surface area contributed by atoms with Crippen molar-refractivity contribution in [3.63, 3.8) is 0 Å². The van der Waals surface area contributed by atoms with E-state index in [4.69, 9.17) is 5.11 Å². The second-order valence-electron chi connectivity index (χ2n) is 5.16. The Morgan fingerprint density at radius 2 is 1.74 bits per heavy atom. The summed E-state index contributed by atoms with van der Waals surface area (Å²) in [5.41, 5.74) is -0.319. The molecule has 0 unspecified atom stereocenters. The first-order chi connectivity index (χ1) is 8.61. The highest BCUT2D eigenvalue weighted by molar-refractivity contribution is 7.87. The molecule has 0 aromatic heterocycles. The van der Waals surface area contributed by atoms with Crippen molar-refractivity contribution in [2.45, 2.75) is 32.4 Å². The molecule has 1 atom stereocenters. The van der Waals surface area contributed by atoms with Gasteiger partial charge < -0.3 is 5.11 Å². The third-order valence-corrected chi connectivity index (χ3v) is 3.52. The largest absolute Gasteiger partial charge is 0.480 e. The monoisotopic (exact) mass is 286 g/mol. The number of aliphatic carboxylic acids is 1. The molecule has 0 aliphatic carbocycles. The highest BCUT2D eigenvalue weighted by atomic mass is 32.2. The van der Waals surface area contributed by atoms with Crippen LogP contribution in [0.4, 0.5) is 0 Å². The molecule has 0 aliphatic heterocycles. The topological polar surface area (TPSA) is 95.5 Å². The number of nitrogens with one attached hydrogen (secondary N) is 2. The minimum Gasteiger partial charge on any atom is -0.480 e. The van der Waals surface area contributed by atoms with Crippen molar-refractivity contribution < 1.29 is 18.3 Å². The van der Waals surface area contributed by atoms with E-state index in [1.165, 1.54) is 0 Å². The van der Waals surface area contributed by atoms with E-state index < -0.39 is 27.8 Å². The van der Waals surface area contributed by atoms with Crippen molar-refractivity contribution in [3.8, 4) is 0 Å². The van der Waals surface area contributed by atoms with Crippen molar-refractivity contribution in [2.75, 3.05) is 0 Å². The van der Waals surface area contributed by atoms with Crippen LogP contribution in [-0.4, -0.2) is 25.0 Å². The van der Waals surface area contributed by atoms with Crippen molar-refractivity contribution in [1.82, 2.24) is 9.44 Å². The molecule has 6 nitrogen and oxygen atoms in total. The summed E-state index contributed by atoms with van der Waals surface area (Å²) in [6.07, 6.45) is 0. The number of hydrogen-bond donors (Lipinski definition) is 3. The first-order valence-electron chi connectivity index (χ1n) is 5.70. The third kappa shape index (κ3) is 5.37. The van der Waals surface area contributed by atoms with Gasteiger partial charge in [-0.25, -0.2) is 0 Å². The third-order valence-electron chi connectivity index (χ3n) is 2.09. The van der Waals surface area contributed by atoms with Gasteiger partial charge >= 0.3 is 5.97 Å². The van der Waals surface area contributed by atoms with Crippen molar-refractivity contribution >= 4 is 16.2 Å². The molecule has 0 radical (unpaired) electrons. The minimum atomic E-state index is -3.91.